The number of aryl methyl sites for hydroxylation is 1. The summed E-state index contributed by atoms with van der Waals surface area (Å²) in [4.78, 5) is 4.52. The Morgan fingerprint density at radius 1 is 1.29 bits per heavy atom. The molecule has 0 bridgehead atoms. The normalized spacial score (nSPS) is 12.4. The van der Waals surface area contributed by atoms with Crippen molar-refractivity contribution in [1.82, 2.24) is 0 Å². The molecule has 0 aliphatic rings. The van der Waals surface area contributed by atoms with E-state index in [0.29, 0.717) is 16.5 Å². The van der Waals surface area contributed by atoms with Gasteiger partial charge in [0.1, 0.15) is 0 Å². The van der Waals surface area contributed by atoms with E-state index in [0.717, 1.165) is 17.7 Å². The second kappa shape index (κ2) is 8.72. The zero-order valence-electron chi connectivity index (χ0n) is 14.3. The maximum Gasteiger partial charge on any atom is 0.180 e. The first-order valence-electron chi connectivity index (χ1n) is 7.79. The van der Waals surface area contributed by atoms with E-state index >= 15 is 0 Å². The molecule has 0 aliphatic carbocycles. The molecule has 0 saturated carbocycles. The SMILES string of the molecule is CC[C@@H](C)Oc1c(Cl)cc(C=Nc2ccc(I)c(C)c2)cc1OC. The van der Waals surface area contributed by atoms with Crippen molar-refractivity contribution in [2.24, 2.45) is 4.99 Å². The minimum absolute atomic E-state index is 0.0747. The van der Waals surface area contributed by atoms with Gasteiger partial charge >= 0.3 is 0 Å². The van der Waals surface area contributed by atoms with Crippen molar-refractivity contribution >= 4 is 46.1 Å². The summed E-state index contributed by atoms with van der Waals surface area (Å²) in [5.74, 6) is 1.19. The van der Waals surface area contributed by atoms with Crippen LogP contribution < -0.4 is 9.47 Å². The molecule has 2 aromatic rings. The molecule has 2 rings (SSSR count). The zero-order chi connectivity index (χ0) is 17.7. The second-order valence-corrected chi connectivity index (χ2v) is 7.13. The number of halogens is 2. The van der Waals surface area contributed by atoms with E-state index in [1.54, 1.807) is 13.3 Å². The van der Waals surface area contributed by atoms with Crippen LogP contribution in [0.1, 0.15) is 31.4 Å². The average Bonchev–Trinajstić information content (AvgIpc) is 2.57. The van der Waals surface area contributed by atoms with Crippen LogP contribution in [0.4, 0.5) is 5.69 Å². The molecule has 5 heteroatoms. The van der Waals surface area contributed by atoms with Crippen LogP contribution in [0.3, 0.4) is 0 Å². The lowest BCUT2D eigenvalue weighted by Gasteiger charge is -2.17. The number of aliphatic imine (C=N–C) groups is 1. The smallest absolute Gasteiger partial charge is 0.180 e. The molecule has 0 spiro atoms. The number of hydrogen-bond donors (Lipinski definition) is 0. The van der Waals surface area contributed by atoms with E-state index in [9.17, 15) is 0 Å². The first-order chi connectivity index (χ1) is 11.4. The van der Waals surface area contributed by atoms with Crippen molar-refractivity contribution in [2.75, 3.05) is 7.11 Å². The van der Waals surface area contributed by atoms with Crippen molar-refractivity contribution in [1.29, 1.82) is 0 Å². The molecule has 128 valence electrons. The molecule has 1 atom stereocenters. The van der Waals surface area contributed by atoms with Crippen LogP contribution in [0.15, 0.2) is 35.3 Å². The van der Waals surface area contributed by atoms with Crippen LogP contribution in [0.5, 0.6) is 11.5 Å². The topological polar surface area (TPSA) is 30.8 Å². The molecule has 3 nitrogen and oxygen atoms in total. The average molecular weight is 458 g/mol. The van der Waals surface area contributed by atoms with Gasteiger partial charge in [-0.2, -0.15) is 0 Å². The number of ether oxygens (including phenoxy) is 2. The molecular formula is C19H21ClINO2. The van der Waals surface area contributed by atoms with E-state index < -0.39 is 0 Å². The molecule has 0 heterocycles. The van der Waals surface area contributed by atoms with Gasteiger partial charge in [0.25, 0.3) is 0 Å². The van der Waals surface area contributed by atoms with Crippen molar-refractivity contribution in [2.45, 2.75) is 33.3 Å². The second-order valence-electron chi connectivity index (χ2n) is 5.56. The van der Waals surface area contributed by atoms with E-state index in [1.807, 2.05) is 25.1 Å². The van der Waals surface area contributed by atoms with Gasteiger partial charge < -0.3 is 9.47 Å². The van der Waals surface area contributed by atoms with Gasteiger partial charge in [0.15, 0.2) is 11.5 Å². The van der Waals surface area contributed by atoms with Gasteiger partial charge in [-0.1, -0.05) is 18.5 Å². The van der Waals surface area contributed by atoms with Crippen LogP contribution in [0, 0.1) is 10.5 Å². The molecule has 0 aliphatic heterocycles. The highest BCUT2D eigenvalue weighted by Gasteiger charge is 2.14. The molecule has 0 aromatic heterocycles. The van der Waals surface area contributed by atoms with Gasteiger partial charge in [0, 0.05) is 9.78 Å². The van der Waals surface area contributed by atoms with Crippen molar-refractivity contribution in [3.05, 3.63) is 50.1 Å². The van der Waals surface area contributed by atoms with Gasteiger partial charge in [-0.15, -0.1) is 0 Å². The standard InChI is InChI=1S/C19H21ClINO2/c1-5-13(3)24-19-16(20)9-14(10-18(19)23-4)11-22-15-6-7-17(21)12(2)8-15/h6-11,13H,5H2,1-4H3/t13-/m1/s1. The Balaban J connectivity index is 2.29. The number of hydrogen-bond acceptors (Lipinski definition) is 3. The first-order valence-corrected chi connectivity index (χ1v) is 9.24. The predicted molar refractivity (Wildman–Crippen MR) is 110 cm³/mol. The summed E-state index contributed by atoms with van der Waals surface area (Å²) in [6, 6.07) is 9.82. The Labute approximate surface area is 162 Å². The molecule has 2 aromatic carbocycles. The Kier molecular flexibility index (Phi) is 6.92. The third-order valence-electron chi connectivity index (χ3n) is 3.65. The first kappa shape index (κ1) is 19.1. The number of benzene rings is 2. The van der Waals surface area contributed by atoms with Gasteiger partial charge in [-0.25, -0.2) is 0 Å². The summed E-state index contributed by atoms with van der Waals surface area (Å²) in [5.41, 5.74) is 2.98. The predicted octanol–water partition coefficient (Wildman–Crippen LogP) is 6.19. The van der Waals surface area contributed by atoms with Crippen LogP contribution in [0.25, 0.3) is 0 Å². The van der Waals surface area contributed by atoms with Gasteiger partial charge in [-0.3, -0.25) is 4.99 Å². The van der Waals surface area contributed by atoms with Gasteiger partial charge in [-0.05, 0) is 84.3 Å². The summed E-state index contributed by atoms with van der Waals surface area (Å²) in [5, 5.41) is 0.523. The Bertz CT molecular complexity index is 746. The molecule has 0 N–H and O–H groups in total. The lowest BCUT2D eigenvalue weighted by atomic mass is 10.2. The minimum atomic E-state index is 0.0747. The number of nitrogens with zero attached hydrogens (tertiary/aromatic N) is 1. The van der Waals surface area contributed by atoms with Crippen LogP contribution in [-0.2, 0) is 0 Å². The maximum absolute atomic E-state index is 6.37. The zero-order valence-corrected chi connectivity index (χ0v) is 17.2. The van der Waals surface area contributed by atoms with E-state index in [-0.39, 0.29) is 6.10 Å². The minimum Gasteiger partial charge on any atom is -0.493 e. The van der Waals surface area contributed by atoms with Crippen LogP contribution >= 0.6 is 34.2 Å². The summed E-state index contributed by atoms with van der Waals surface area (Å²) >= 11 is 8.69. The molecule has 0 saturated heterocycles. The Hall–Kier alpha value is -1.27. The quantitative estimate of drug-likeness (QED) is 0.382. The molecule has 0 fully saturated rings. The van der Waals surface area contributed by atoms with Crippen molar-refractivity contribution in [3.8, 4) is 11.5 Å². The van der Waals surface area contributed by atoms with E-state index in [1.165, 1.54) is 9.13 Å². The van der Waals surface area contributed by atoms with Crippen LogP contribution in [-0.4, -0.2) is 19.4 Å². The number of rotatable bonds is 6. The monoisotopic (exact) mass is 457 g/mol. The largest absolute Gasteiger partial charge is 0.493 e. The fourth-order valence-corrected chi connectivity index (χ4v) is 2.67. The third kappa shape index (κ3) is 4.86. The van der Waals surface area contributed by atoms with Crippen molar-refractivity contribution < 1.29 is 9.47 Å². The summed E-state index contributed by atoms with van der Waals surface area (Å²) < 4.78 is 12.5. The van der Waals surface area contributed by atoms with Gasteiger partial charge in [0.05, 0.1) is 23.9 Å². The molecule has 24 heavy (non-hydrogen) atoms. The third-order valence-corrected chi connectivity index (χ3v) is 5.14. The van der Waals surface area contributed by atoms with Crippen LogP contribution in [0.2, 0.25) is 5.02 Å². The molecule has 0 unspecified atom stereocenters. The maximum atomic E-state index is 6.37. The number of methoxy groups -OCH3 is 1. The lowest BCUT2D eigenvalue weighted by molar-refractivity contribution is 0.208. The summed E-state index contributed by atoms with van der Waals surface area (Å²) in [6.45, 7) is 6.14. The molecule has 0 amide bonds. The highest BCUT2D eigenvalue weighted by atomic mass is 127. The molecule has 0 radical (unpaired) electrons. The summed E-state index contributed by atoms with van der Waals surface area (Å²) in [6.07, 6.45) is 2.75. The van der Waals surface area contributed by atoms with Crippen molar-refractivity contribution in [3.63, 3.8) is 0 Å². The highest BCUT2D eigenvalue weighted by Crippen LogP contribution is 2.37. The summed E-state index contributed by atoms with van der Waals surface area (Å²) in [7, 11) is 1.61. The fourth-order valence-electron chi connectivity index (χ4n) is 2.07. The molecular weight excluding hydrogens is 437 g/mol. The Morgan fingerprint density at radius 2 is 2.04 bits per heavy atom. The highest BCUT2D eigenvalue weighted by molar-refractivity contribution is 14.1. The van der Waals surface area contributed by atoms with E-state index in [2.05, 4.69) is 53.6 Å². The fraction of sp³-hybridized carbons (Fsp3) is 0.316. The van der Waals surface area contributed by atoms with E-state index in [4.69, 9.17) is 21.1 Å². The van der Waals surface area contributed by atoms with Gasteiger partial charge in [0.2, 0.25) is 0 Å². The lowest BCUT2D eigenvalue weighted by Crippen LogP contribution is -2.11. The Morgan fingerprint density at radius 3 is 2.67 bits per heavy atom.